The van der Waals surface area contributed by atoms with Crippen molar-refractivity contribution in [3.05, 3.63) is 65.7 Å². The van der Waals surface area contributed by atoms with Crippen LogP contribution in [0.25, 0.3) is 0 Å². The first-order valence-electron chi connectivity index (χ1n) is 7.58. The van der Waals surface area contributed by atoms with Gasteiger partial charge < -0.3 is 14.6 Å². The number of benzene rings is 2. The molecule has 0 aromatic heterocycles. The summed E-state index contributed by atoms with van der Waals surface area (Å²) >= 11 is 0. The third-order valence-corrected chi connectivity index (χ3v) is 3.53. The molecule has 0 aliphatic carbocycles. The zero-order valence-electron chi connectivity index (χ0n) is 14.2. The van der Waals surface area contributed by atoms with E-state index in [4.69, 9.17) is 9.47 Å². The molecule has 0 heterocycles. The fourth-order valence-electron chi connectivity index (χ4n) is 2.24. The number of ether oxygens (including phenoxy) is 2. The maximum Gasteiger partial charge on any atom is 0.271 e. The van der Waals surface area contributed by atoms with E-state index < -0.39 is 5.91 Å². The van der Waals surface area contributed by atoms with Gasteiger partial charge in [0.15, 0.2) is 11.5 Å². The van der Waals surface area contributed by atoms with Crippen LogP contribution in [0.5, 0.6) is 17.2 Å². The van der Waals surface area contributed by atoms with Gasteiger partial charge in [0.05, 0.1) is 20.4 Å². The highest BCUT2D eigenvalue weighted by Gasteiger charge is 2.10. The van der Waals surface area contributed by atoms with E-state index in [1.807, 2.05) is 0 Å². The Hall–Kier alpha value is -3.28. The van der Waals surface area contributed by atoms with Crippen molar-refractivity contribution in [1.29, 1.82) is 0 Å². The predicted octanol–water partition coefficient (Wildman–Crippen LogP) is 2.90. The van der Waals surface area contributed by atoms with Crippen molar-refractivity contribution in [1.82, 2.24) is 5.43 Å². The molecule has 0 radical (unpaired) electrons. The second kappa shape index (κ2) is 8.54. The average Bonchev–Trinajstić information content (AvgIpc) is 2.64. The summed E-state index contributed by atoms with van der Waals surface area (Å²) in [5, 5.41) is 14.0. The number of methoxy groups -OCH3 is 2. The highest BCUT2D eigenvalue weighted by atomic mass is 16.5. The number of nitrogens with one attached hydrogen (secondary N) is 1. The third kappa shape index (κ3) is 4.38. The van der Waals surface area contributed by atoms with E-state index in [9.17, 15) is 9.90 Å². The summed E-state index contributed by atoms with van der Waals surface area (Å²) in [6.07, 6.45) is 3.64. The summed E-state index contributed by atoms with van der Waals surface area (Å²) < 4.78 is 10.3. The molecule has 2 rings (SSSR count). The number of allylic oxidation sites excluding steroid dienone is 1. The molecule has 0 spiro atoms. The normalized spacial score (nSPS) is 10.5. The maximum atomic E-state index is 12.2. The first-order chi connectivity index (χ1) is 12.1. The van der Waals surface area contributed by atoms with Crippen LogP contribution in [0.4, 0.5) is 0 Å². The molecule has 0 aliphatic heterocycles. The Morgan fingerprint density at radius 1 is 1.24 bits per heavy atom. The number of hydrazone groups is 1. The quantitative estimate of drug-likeness (QED) is 0.461. The number of para-hydroxylation sites is 1. The number of aromatic hydroxyl groups is 1. The van der Waals surface area contributed by atoms with Gasteiger partial charge in [0, 0.05) is 11.1 Å². The largest absolute Gasteiger partial charge is 0.507 e. The smallest absolute Gasteiger partial charge is 0.271 e. The van der Waals surface area contributed by atoms with Crippen LogP contribution in [0.2, 0.25) is 0 Å². The predicted molar refractivity (Wildman–Crippen MR) is 96.6 cm³/mol. The molecule has 1 amide bonds. The molecule has 0 atom stereocenters. The molecule has 6 heteroatoms. The van der Waals surface area contributed by atoms with Gasteiger partial charge in [-0.15, -0.1) is 6.58 Å². The van der Waals surface area contributed by atoms with Crippen molar-refractivity contribution in [2.45, 2.75) is 6.42 Å². The molecular formula is C19H20N2O4. The topological polar surface area (TPSA) is 80.2 Å². The Labute approximate surface area is 146 Å². The van der Waals surface area contributed by atoms with Crippen molar-refractivity contribution >= 4 is 12.1 Å². The van der Waals surface area contributed by atoms with E-state index in [2.05, 4.69) is 17.1 Å². The number of hydrogen-bond donors (Lipinski definition) is 2. The van der Waals surface area contributed by atoms with Crippen molar-refractivity contribution in [2.75, 3.05) is 14.2 Å². The number of carbonyl (C=O) groups is 1. The van der Waals surface area contributed by atoms with Crippen LogP contribution in [0.1, 0.15) is 21.5 Å². The summed E-state index contributed by atoms with van der Waals surface area (Å²) in [4.78, 5) is 12.2. The van der Waals surface area contributed by atoms with Crippen molar-refractivity contribution < 1.29 is 19.4 Å². The SMILES string of the molecule is C=CCc1cccc(/C=N\NC(=O)c2ccc(OC)c(OC)c2)c1O. The van der Waals surface area contributed by atoms with Gasteiger partial charge in [-0.1, -0.05) is 18.2 Å². The average molecular weight is 340 g/mol. The van der Waals surface area contributed by atoms with Crippen LogP contribution < -0.4 is 14.9 Å². The molecular weight excluding hydrogens is 320 g/mol. The zero-order chi connectivity index (χ0) is 18.2. The number of phenolic OH excluding ortho intramolecular Hbond substituents is 1. The fraction of sp³-hybridized carbons (Fsp3) is 0.158. The van der Waals surface area contributed by atoms with Gasteiger partial charge >= 0.3 is 0 Å². The summed E-state index contributed by atoms with van der Waals surface area (Å²) in [6.45, 7) is 3.65. The maximum absolute atomic E-state index is 12.2. The summed E-state index contributed by atoms with van der Waals surface area (Å²) in [7, 11) is 3.02. The van der Waals surface area contributed by atoms with Crippen LogP contribution in [0, 0.1) is 0 Å². The minimum Gasteiger partial charge on any atom is -0.507 e. The summed E-state index contributed by atoms with van der Waals surface area (Å²) in [6, 6.07) is 10.1. The first kappa shape index (κ1) is 18.1. The lowest BCUT2D eigenvalue weighted by molar-refractivity contribution is 0.0954. The second-order valence-electron chi connectivity index (χ2n) is 5.12. The zero-order valence-corrected chi connectivity index (χ0v) is 14.2. The van der Waals surface area contributed by atoms with Crippen LogP contribution >= 0.6 is 0 Å². The lowest BCUT2D eigenvalue weighted by Gasteiger charge is -2.08. The number of hydrogen-bond acceptors (Lipinski definition) is 5. The van der Waals surface area contributed by atoms with Gasteiger partial charge in [-0.2, -0.15) is 5.10 Å². The Bertz CT molecular complexity index is 800. The van der Waals surface area contributed by atoms with Crippen molar-refractivity contribution in [3.8, 4) is 17.2 Å². The molecule has 25 heavy (non-hydrogen) atoms. The van der Waals surface area contributed by atoms with Crippen LogP contribution in [-0.2, 0) is 6.42 Å². The Morgan fingerprint density at radius 2 is 2.00 bits per heavy atom. The van der Waals surface area contributed by atoms with E-state index in [0.717, 1.165) is 5.56 Å². The molecule has 0 aliphatic rings. The minimum absolute atomic E-state index is 0.117. The Kier molecular flexibility index (Phi) is 6.17. The number of phenols is 1. The summed E-state index contributed by atoms with van der Waals surface area (Å²) in [5.41, 5.74) is 4.04. The molecule has 130 valence electrons. The molecule has 2 aromatic carbocycles. The molecule has 0 fully saturated rings. The van der Waals surface area contributed by atoms with Gasteiger partial charge in [0.25, 0.3) is 5.91 Å². The number of nitrogens with zero attached hydrogens (tertiary/aromatic N) is 1. The molecule has 0 saturated heterocycles. The van der Waals surface area contributed by atoms with Crippen LogP contribution in [-0.4, -0.2) is 31.4 Å². The summed E-state index contributed by atoms with van der Waals surface area (Å²) in [5.74, 6) is 0.700. The second-order valence-corrected chi connectivity index (χ2v) is 5.12. The van der Waals surface area contributed by atoms with Crippen LogP contribution in [0.15, 0.2) is 54.2 Å². The van der Waals surface area contributed by atoms with Crippen molar-refractivity contribution in [2.24, 2.45) is 5.10 Å². The molecule has 0 bridgehead atoms. The highest BCUT2D eigenvalue weighted by Crippen LogP contribution is 2.27. The number of rotatable bonds is 7. The van der Waals surface area contributed by atoms with Gasteiger partial charge in [0.2, 0.25) is 0 Å². The van der Waals surface area contributed by atoms with E-state index >= 15 is 0 Å². The fourth-order valence-corrected chi connectivity index (χ4v) is 2.24. The van der Waals surface area contributed by atoms with Gasteiger partial charge in [-0.25, -0.2) is 5.43 Å². The standard InChI is InChI=1S/C19H20N2O4/c1-4-6-13-7-5-8-15(18(13)22)12-20-21-19(23)14-9-10-16(24-2)17(11-14)25-3/h4-5,7-12,22H,1,6H2,2-3H3,(H,21,23)/b20-12-. The van der Waals surface area contributed by atoms with Gasteiger partial charge in [-0.3, -0.25) is 4.79 Å². The van der Waals surface area contributed by atoms with E-state index in [1.54, 1.807) is 42.5 Å². The lowest BCUT2D eigenvalue weighted by Crippen LogP contribution is -2.17. The number of carbonyl (C=O) groups excluding carboxylic acids is 1. The Morgan fingerprint density at radius 3 is 2.68 bits per heavy atom. The van der Waals surface area contributed by atoms with E-state index in [1.165, 1.54) is 20.4 Å². The molecule has 0 unspecified atom stereocenters. The monoisotopic (exact) mass is 340 g/mol. The molecule has 6 nitrogen and oxygen atoms in total. The van der Waals surface area contributed by atoms with E-state index in [-0.39, 0.29) is 5.75 Å². The Balaban J connectivity index is 2.11. The minimum atomic E-state index is -0.404. The number of amides is 1. The lowest BCUT2D eigenvalue weighted by atomic mass is 10.1. The third-order valence-electron chi connectivity index (χ3n) is 3.53. The molecule has 2 N–H and O–H groups in total. The van der Waals surface area contributed by atoms with Gasteiger partial charge in [-0.05, 0) is 36.2 Å². The highest BCUT2D eigenvalue weighted by molar-refractivity contribution is 5.95. The molecule has 2 aromatic rings. The molecule has 0 saturated carbocycles. The van der Waals surface area contributed by atoms with Crippen molar-refractivity contribution in [3.63, 3.8) is 0 Å². The van der Waals surface area contributed by atoms with Crippen LogP contribution in [0.3, 0.4) is 0 Å². The van der Waals surface area contributed by atoms with Gasteiger partial charge in [0.1, 0.15) is 5.75 Å². The first-order valence-corrected chi connectivity index (χ1v) is 7.58. The van der Waals surface area contributed by atoms with E-state index in [0.29, 0.717) is 29.0 Å².